The average molecular weight is 302 g/mol. The normalized spacial score (nSPS) is 10.9. The number of hydrogen-bond donors (Lipinski definition) is 1. The van der Waals surface area contributed by atoms with Gasteiger partial charge in [0.05, 0.1) is 22.3 Å². The number of anilines is 1. The van der Waals surface area contributed by atoms with E-state index < -0.39 is 0 Å². The first-order chi connectivity index (χ1) is 9.11. The van der Waals surface area contributed by atoms with Gasteiger partial charge in [0.15, 0.2) is 5.82 Å². The van der Waals surface area contributed by atoms with Gasteiger partial charge in [0.1, 0.15) is 0 Å². The van der Waals surface area contributed by atoms with Crippen molar-refractivity contribution in [3.63, 3.8) is 0 Å². The van der Waals surface area contributed by atoms with E-state index >= 15 is 0 Å². The van der Waals surface area contributed by atoms with E-state index in [4.69, 9.17) is 38.2 Å². The minimum atomic E-state index is 0.336. The van der Waals surface area contributed by atoms with E-state index in [0.717, 1.165) is 0 Å². The highest BCUT2D eigenvalue weighted by Gasteiger charge is 2.12. The maximum atomic E-state index is 5.96. The van der Waals surface area contributed by atoms with Crippen LogP contribution in [0.4, 0.5) is 5.69 Å². The fourth-order valence-corrected chi connectivity index (χ4v) is 1.98. The quantitative estimate of drug-likeness (QED) is 0.678. The Morgan fingerprint density at radius 3 is 2.63 bits per heavy atom. The Morgan fingerprint density at radius 1 is 1.32 bits per heavy atom. The molecule has 5 nitrogen and oxygen atoms in total. The van der Waals surface area contributed by atoms with Gasteiger partial charge in [0.25, 0.3) is 5.89 Å². The van der Waals surface area contributed by atoms with Crippen LogP contribution in [0.2, 0.25) is 10.0 Å². The smallest absolute Gasteiger partial charge is 0.258 e. The van der Waals surface area contributed by atoms with Crippen LogP contribution in [0.3, 0.4) is 0 Å². The Morgan fingerprint density at radius 2 is 2.00 bits per heavy atom. The van der Waals surface area contributed by atoms with Crippen molar-refractivity contribution in [3.05, 3.63) is 28.0 Å². The van der Waals surface area contributed by atoms with Gasteiger partial charge in [-0.05, 0) is 19.1 Å². The standard InChI is InChI=1S/C12H13Cl2N3O2/c1-2-18-4-3-10-16-12(19-17-10)7-5-8(13)11(15)9(14)6-7/h5-6H,2-4,15H2,1H3. The van der Waals surface area contributed by atoms with Crippen molar-refractivity contribution in [2.75, 3.05) is 18.9 Å². The Kier molecular flexibility index (Phi) is 4.63. The SMILES string of the molecule is CCOCCc1noc(-c2cc(Cl)c(N)c(Cl)c2)n1. The predicted octanol–water partition coefficient (Wildman–Crippen LogP) is 3.20. The molecule has 2 N–H and O–H groups in total. The third-order valence-electron chi connectivity index (χ3n) is 2.47. The molecule has 2 rings (SSSR count). The van der Waals surface area contributed by atoms with Gasteiger partial charge >= 0.3 is 0 Å². The monoisotopic (exact) mass is 301 g/mol. The van der Waals surface area contributed by atoms with Gasteiger partial charge in [0, 0.05) is 18.6 Å². The molecule has 19 heavy (non-hydrogen) atoms. The minimum absolute atomic E-state index is 0.336. The largest absolute Gasteiger partial charge is 0.396 e. The number of nitrogens with two attached hydrogens (primary N) is 1. The third-order valence-corrected chi connectivity index (χ3v) is 3.09. The van der Waals surface area contributed by atoms with Crippen LogP contribution in [0.1, 0.15) is 12.7 Å². The van der Waals surface area contributed by atoms with Crippen LogP contribution in [0.25, 0.3) is 11.5 Å². The Hall–Kier alpha value is -1.30. The first kappa shape index (κ1) is 14.1. The molecule has 0 amide bonds. The molecule has 0 atom stereocenters. The average Bonchev–Trinajstić information content (AvgIpc) is 2.84. The maximum Gasteiger partial charge on any atom is 0.258 e. The summed E-state index contributed by atoms with van der Waals surface area (Å²) in [5.74, 6) is 0.933. The van der Waals surface area contributed by atoms with Gasteiger partial charge in [-0.25, -0.2) is 0 Å². The molecule has 0 saturated heterocycles. The molecule has 1 heterocycles. The molecule has 0 fully saturated rings. The second-order valence-corrected chi connectivity index (χ2v) is 4.63. The van der Waals surface area contributed by atoms with Crippen LogP contribution >= 0.6 is 23.2 Å². The van der Waals surface area contributed by atoms with E-state index in [9.17, 15) is 0 Å². The minimum Gasteiger partial charge on any atom is -0.396 e. The van der Waals surface area contributed by atoms with E-state index in [1.807, 2.05) is 6.92 Å². The molecule has 0 bridgehead atoms. The van der Waals surface area contributed by atoms with Gasteiger partial charge in [-0.3, -0.25) is 0 Å². The summed E-state index contributed by atoms with van der Waals surface area (Å²) < 4.78 is 10.4. The summed E-state index contributed by atoms with van der Waals surface area (Å²) in [4.78, 5) is 4.25. The zero-order valence-electron chi connectivity index (χ0n) is 10.3. The van der Waals surface area contributed by atoms with E-state index in [1.165, 1.54) is 0 Å². The molecule has 0 aliphatic heterocycles. The van der Waals surface area contributed by atoms with Crippen molar-refractivity contribution in [1.82, 2.24) is 10.1 Å². The number of nitrogen functional groups attached to an aromatic ring is 1. The van der Waals surface area contributed by atoms with Crippen LogP contribution in [-0.2, 0) is 11.2 Å². The Balaban J connectivity index is 2.18. The third kappa shape index (κ3) is 3.37. The molecule has 102 valence electrons. The van der Waals surface area contributed by atoms with E-state index in [2.05, 4.69) is 10.1 Å². The zero-order chi connectivity index (χ0) is 13.8. The van der Waals surface area contributed by atoms with Crippen molar-refractivity contribution in [2.45, 2.75) is 13.3 Å². The van der Waals surface area contributed by atoms with E-state index in [1.54, 1.807) is 12.1 Å². The lowest BCUT2D eigenvalue weighted by atomic mass is 10.2. The zero-order valence-corrected chi connectivity index (χ0v) is 11.8. The van der Waals surface area contributed by atoms with Crippen molar-refractivity contribution < 1.29 is 9.26 Å². The summed E-state index contributed by atoms with van der Waals surface area (Å²) in [5.41, 5.74) is 6.64. The summed E-state index contributed by atoms with van der Waals surface area (Å²) in [5, 5.41) is 4.58. The first-order valence-electron chi connectivity index (χ1n) is 5.77. The van der Waals surface area contributed by atoms with Crippen LogP contribution in [0, 0.1) is 0 Å². The summed E-state index contributed by atoms with van der Waals surface area (Å²) in [7, 11) is 0. The van der Waals surface area contributed by atoms with Gasteiger partial charge in [-0.1, -0.05) is 28.4 Å². The summed E-state index contributed by atoms with van der Waals surface area (Å²) >= 11 is 11.9. The van der Waals surface area contributed by atoms with Crippen LogP contribution in [-0.4, -0.2) is 23.4 Å². The topological polar surface area (TPSA) is 74.2 Å². The number of rotatable bonds is 5. The second kappa shape index (κ2) is 6.23. The van der Waals surface area contributed by atoms with Gasteiger partial charge in [-0.2, -0.15) is 4.98 Å². The van der Waals surface area contributed by atoms with Crippen LogP contribution in [0.5, 0.6) is 0 Å². The molecule has 0 unspecified atom stereocenters. The summed E-state index contributed by atoms with van der Waals surface area (Å²) in [6.45, 7) is 3.15. The number of nitrogens with zero attached hydrogens (tertiary/aromatic N) is 2. The highest BCUT2D eigenvalue weighted by molar-refractivity contribution is 6.39. The summed E-state index contributed by atoms with van der Waals surface area (Å²) in [6.07, 6.45) is 0.591. The lowest BCUT2D eigenvalue weighted by Gasteiger charge is -2.02. The van der Waals surface area contributed by atoms with Crippen molar-refractivity contribution in [1.29, 1.82) is 0 Å². The second-order valence-electron chi connectivity index (χ2n) is 3.82. The fraction of sp³-hybridized carbons (Fsp3) is 0.333. The molecular weight excluding hydrogens is 289 g/mol. The Labute approximate surface area is 120 Å². The predicted molar refractivity (Wildman–Crippen MR) is 74.4 cm³/mol. The molecule has 0 radical (unpaired) electrons. The molecule has 2 aromatic rings. The summed E-state index contributed by atoms with van der Waals surface area (Å²) in [6, 6.07) is 3.28. The molecule has 1 aromatic heterocycles. The number of benzene rings is 1. The van der Waals surface area contributed by atoms with E-state index in [0.29, 0.717) is 52.6 Å². The fourth-order valence-electron chi connectivity index (χ4n) is 1.49. The number of halogens is 2. The highest BCUT2D eigenvalue weighted by atomic mass is 35.5. The van der Waals surface area contributed by atoms with Gasteiger partial charge in [-0.15, -0.1) is 0 Å². The van der Waals surface area contributed by atoms with Crippen LogP contribution < -0.4 is 5.73 Å². The van der Waals surface area contributed by atoms with Gasteiger partial charge < -0.3 is 15.0 Å². The number of ether oxygens (including phenoxy) is 1. The molecule has 0 aliphatic rings. The first-order valence-corrected chi connectivity index (χ1v) is 6.52. The molecule has 0 saturated carbocycles. The molecular formula is C12H13Cl2N3O2. The molecule has 0 aliphatic carbocycles. The number of aromatic nitrogens is 2. The van der Waals surface area contributed by atoms with Crippen molar-refractivity contribution >= 4 is 28.9 Å². The lowest BCUT2D eigenvalue weighted by Crippen LogP contribution is -1.99. The van der Waals surface area contributed by atoms with Crippen molar-refractivity contribution in [2.24, 2.45) is 0 Å². The van der Waals surface area contributed by atoms with Gasteiger partial charge in [0.2, 0.25) is 0 Å². The maximum absolute atomic E-state index is 5.96. The van der Waals surface area contributed by atoms with E-state index in [-0.39, 0.29) is 0 Å². The highest BCUT2D eigenvalue weighted by Crippen LogP contribution is 2.32. The number of hydrogen-bond acceptors (Lipinski definition) is 5. The van der Waals surface area contributed by atoms with Crippen molar-refractivity contribution in [3.8, 4) is 11.5 Å². The Bertz CT molecular complexity index is 549. The van der Waals surface area contributed by atoms with Crippen LogP contribution in [0.15, 0.2) is 16.7 Å². The molecule has 1 aromatic carbocycles. The lowest BCUT2D eigenvalue weighted by molar-refractivity contribution is 0.149. The molecule has 0 spiro atoms. The molecule has 7 heteroatoms.